The maximum Gasteiger partial charge on any atom is 0.0790 e. The van der Waals surface area contributed by atoms with E-state index in [1.807, 2.05) is 25.1 Å². The van der Waals surface area contributed by atoms with Gasteiger partial charge in [0.1, 0.15) is 0 Å². The molecule has 0 bridgehead atoms. The lowest BCUT2D eigenvalue weighted by atomic mass is 10.1. The molecule has 5 heteroatoms. The number of aryl methyl sites for hydroxylation is 1. The fraction of sp³-hybridized carbons (Fsp3) is 0.0769. The van der Waals surface area contributed by atoms with Crippen LogP contribution in [-0.2, 0) is 0 Å². The number of pyridine rings is 1. The maximum atomic E-state index is 5.96. The SMILES string of the molecule is Cc1cc2c(-n3cc(Cl)cn3)ccc(N)c2cn1. The van der Waals surface area contributed by atoms with Crippen LogP contribution in [0.15, 0.2) is 36.8 Å². The zero-order valence-corrected chi connectivity index (χ0v) is 10.5. The molecule has 0 aliphatic carbocycles. The van der Waals surface area contributed by atoms with Gasteiger partial charge in [-0.25, -0.2) is 4.68 Å². The molecule has 0 aliphatic heterocycles. The zero-order chi connectivity index (χ0) is 12.7. The van der Waals surface area contributed by atoms with Gasteiger partial charge in [-0.2, -0.15) is 5.10 Å². The maximum absolute atomic E-state index is 5.96. The normalized spacial score (nSPS) is 11.0. The number of hydrogen-bond acceptors (Lipinski definition) is 3. The summed E-state index contributed by atoms with van der Waals surface area (Å²) in [6, 6.07) is 5.78. The Morgan fingerprint density at radius 3 is 2.78 bits per heavy atom. The lowest BCUT2D eigenvalue weighted by molar-refractivity contribution is 0.887. The van der Waals surface area contributed by atoms with E-state index in [0.717, 1.165) is 22.2 Å². The number of hydrogen-bond donors (Lipinski definition) is 1. The Morgan fingerprint density at radius 2 is 2.06 bits per heavy atom. The fourth-order valence-corrected chi connectivity index (χ4v) is 2.12. The van der Waals surface area contributed by atoms with E-state index in [1.165, 1.54) is 0 Å². The third-order valence-electron chi connectivity index (χ3n) is 2.85. The van der Waals surface area contributed by atoms with Crippen molar-refractivity contribution in [1.82, 2.24) is 14.8 Å². The number of halogens is 1. The third-order valence-corrected chi connectivity index (χ3v) is 3.04. The molecule has 0 atom stereocenters. The molecule has 90 valence electrons. The van der Waals surface area contributed by atoms with Crippen LogP contribution in [-0.4, -0.2) is 14.8 Å². The first-order valence-corrected chi connectivity index (χ1v) is 5.88. The largest absolute Gasteiger partial charge is 0.398 e. The molecule has 2 aromatic heterocycles. The van der Waals surface area contributed by atoms with Gasteiger partial charge in [0.25, 0.3) is 0 Å². The van der Waals surface area contributed by atoms with Crippen LogP contribution in [0.25, 0.3) is 16.5 Å². The highest BCUT2D eigenvalue weighted by Crippen LogP contribution is 2.27. The van der Waals surface area contributed by atoms with E-state index in [9.17, 15) is 0 Å². The smallest absolute Gasteiger partial charge is 0.0790 e. The van der Waals surface area contributed by atoms with E-state index in [1.54, 1.807) is 23.3 Å². The summed E-state index contributed by atoms with van der Waals surface area (Å²) in [5, 5.41) is 6.76. The van der Waals surface area contributed by atoms with Gasteiger partial charge < -0.3 is 5.73 Å². The van der Waals surface area contributed by atoms with Gasteiger partial charge in [-0.1, -0.05) is 11.6 Å². The quantitative estimate of drug-likeness (QED) is 0.683. The van der Waals surface area contributed by atoms with Gasteiger partial charge in [-0.3, -0.25) is 4.98 Å². The van der Waals surface area contributed by atoms with Crippen LogP contribution >= 0.6 is 11.6 Å². The molecule has 4 nitrogen and oxygen atoms in total. The fourth-order valence-electron chi connectivity index (χ4n) is 1.98. The molecular weight excluding hydrogens is 248 g/mol. The molecule has 3 rings (SSSR count). The van der Waals surface area contributed by atoms with Gasteiger partial charge in [-0.05, 0) is 25.1 Å². The van der Waals surface area contributed by atoms with Gasteiger partial charge in [0.15, 0.2) is 0 Å². The molecule has 2 N–H and O–H groups in total. The molecule has 18 heavy (non-hydrogen) atoms. The Balaban J connectivity index is 2.36. The molecule has 0 radical (unpaired) electrons. The molecule has 0 aliphatic rings. The van der Waals surface area contributed by atoms with Crippen LogP contribution in [0.4, 0.5) is 5.69 Å². The van der Waals surface area contributed by atoms with Crippen molar-refractivity contribution in [2.24, 2.45) is 0 Å². The second-order valence-electron chi connectivity index (χ2n) is 4.15. The van der Waals surface area contributed by atoms with Crippen LogP contribution < -0.4 is 5.73 Å². The van der Waals surface area contributed by atoms with E-state index in [0.29, 0.717) is 10.7 Å². The number of rotatable bonds is 1. The highest BCUT2D eigenvalue weighted by Gasteiger charge is 2.08. The highest BCUT2D eigenvalue weighted by atomic mass is 35.5. The summed E-state index contributed by atoms with van der Waals surface area (Å²) < 4.78 is 1.74. The number of nitrogens with two attached hydrogens (primary N) is 1. The molecule has 2 heterocycles. The van der Waals surface area contributed by atoms with E-state index >= 15 is 0 Å². The number of nitrogens with zero attached hydrogens (tertiary/aromatic N) is 3. The predicted molar refractivity (Wildman–Crippen MR) is 73.0 cm³/mol. The minimum atomic E-state index is 0.603. The molecular formula is C13H11ClN4. The van der Waals surface area contributed by atoms with E-state index < -0.39 is 0 Å². The second kappa shape index (κ2) is 3.99. The molecule has 0 amide bonds. The van der Waals surface area contributed by atoms with Crippen molar-refractivity contribution >= 4 is 28.1 Å². The first-order valence-electron chi connectivity index (χ1n) is 5.50. The summed E-state index contributed by atoms with van der Waals surface area (Å²) in [6.45, 7) is 1.95. The van der Waals surface area contributed by atoms with Crippen LogP contribution in [0.2, 0.25) is 5.02 Å². The first kappa shape index (κ1) is 11.0. The first-order chi connectivity index (χ1) is 8.65. The van der Waals surface area contributed by atoms with Crippen molar-refractivity contribution in [2.75, 3.05) is 5.73 Å². The van der Waals surface area contributed by atoms with E-state index in [-0.39, 0.29) is 0 Å². The molecule has 0 unspecified atom stereocenters. The minimum absolute atomic E-state index is 0.603. The summed E-state index contributed by atoms with van der Waals surface area (Å²) in [6.07, 6.45) is 5.16. The average Bonchev–Trinajstić information content (AvgIpc) is 2.76. The lowest BCUT2D eigenvalue weighted by Gasteiger charge is -2.09. The van der Waals surface area contributed by atoms with Gasteiger partial charge >= 0.3 is 0 Å². The summed E-state index contributed by atoms with van der Waals surface area (Å²) in [5.74, 6) is 0. The Kier molecular flexibility index (Phi) is 2.45. The number of benzene rings is 1. The topological polar surface area (TPSA) is 56.7 Å². The molecule has 0 spiro atoms. The number of anilines is 1. The monoisotopic (exact) mass is 258 g/mol. The van der Waals surface area contributed by atoms with Crippen molar-refractivity contribution in [2.45, 2.75) is 6.92 Å². The minimum Gasteiger partial charge on any atom is -0.398 e. The molecule has 1 aromatic carbocycles. The van der Waals surface area contributed by atoms with Crippen LogP contribution in [0.3, 0.4) is 0 Å². The van der Waals surface area contributed by atoms with Crippen molar-refractivity contribution in [3.63, 3.8) is 0 Å². The van der Waals surface area contributed by atoms with Gasteiger partial charge in [0, 0.05) is 34.5 Å². The van der Waals surface area contributed by atoms with Crippen molar-refractivity contribution in [3.8, 4) is 5.69 Å². The summed E-state index contributed by atoms with van der Waals surface area (Å²) in [4.78, 5) is 4.27. The number of aromatic nitrogens is 3. The molecule has 0 saturated heterocycles. The van der Waals surface area contributed by atoms with E-state index in [2.05, 4.69) is 10.1 Å². The van der Waals surface area contributed by atoms with Gasteiger partial charge in [0.2, 0.25) is 0 Å². The third kappa shape index (κ3) is 1.71. The van der Waals surface area contributed by atoms with E-state index in [4.69, 9.17) is 17.3 Å². The van der Waals surface area contributed by atoms with Crippen molar-refractivity contribution in [1.29, 1.82) is 0 Å². The average molecular weight is 259 g/mol. The van der Waals surface area contributed by atoms with Crippen LogP contribution in [0.5, 0.6) is 0 Å². The Bertz CT molecular complexity index is 733. The second-order valence-corrected chi connectivity index (χ2v) is 4.58. The standard InChI is InChI=1S/C13H11ClN4/c1-8-4-10-11(6-16-8)12(15)2-3-13(10)18-7-9(14)5-17-18/h2-7H,15H2,1H3. The number of nitrogen functional groups attached to an aromatic ring is 1. The summed E-state index contributed by atoms with van der Waals surface area (Å²) in [5.41, 5.74) is 8.55. The summed E-state index contributed by atoms with van der Waals surface area (Å²) in [7, 11) is 0. The Morgan fingerprint density at radius 1 is 1.22 bits per heavy atom. The van der Waals surface area contributed by atoms with Gasteiger partial charge in [0.05, 0.1) is 16.9 Å². The molecule has 3 aromatic rings. The Labute approximate surface area is 109 Å². The molecule has 0 fully saturated rings. The van der Waals surface area contributed by atoms with Crippen molar-refractivity contribution in [3.05, 3.63) is 47.5 Å². The van der Waals surface area contributed by atoms with Crippen LogP contribution in [0, 0.1) is 6.92 Å². The van der Waals surface area contributed by atoms with Gasteiger partial charge in [-0.15, -0.1) is 0 Å². The number of fused-ring (bicyclic) bond motifs is 1. The predicted octanol–water partition coefficient (Wildman–Crippen LogP) is 2.96. The molecule has 0 saturated carbocycles. The summed E-state index contributed by atoms with van der Waals surface area (Å²) >= 11 is 5.90. The lowest BCUT2D eigenvalue weighted by Crippen LogP contribution is -1.98. The Hall–Kier alpha value is -2.07. The highest BCUT2D eigenvalue weighted by molar-refractivity contribution is 6.30. The van der Waals surface area contributed by atoms with Crippen molar-refractivity contribution < 1.29 is 0 Å². The zero-order valence-electron chi connectivity index (χ0n) is 9.76. The van der Waals surface area contributed by atoms with Crippen LogP contribution in [0.1, 0.15) is 5.69 Å².